The second-order valence-corrected chi connectivity index (χ2v) is 7.06. The first-order valence-corrected chi connectivity index (χ1v) is 8.86. The molecular weight excluding hydrogens is 354 g/mol. The Labute approximate surface area is 157 Å². The van der Waals surface area contributed by atoms with E-state index >= 15 is 0 Å². The van der Waals surface area contributed by atoms with E-state index < -0.39 is 29.7 Å². The number of carbonyl (C=O) groups is 4. The standard InChI is InChI=1S/C18H25N3O6/c1-11(2)6-14(18(25)26)20-15(22)8-19-17(24)12-7-16(23)21(9-12)10-13-4-3-5-27-13/h3-5,11-12,14H,6-10H2,1-2H3,(H,19,24)(H,20,22)(H,25,26)/t12?,14-/m0/s1. The minimum Gasteiger partial charge on any atom is -0.480 e. The van der Waals surface area contributed by atoms with Crippen molar-refractivity contribution < 1.29 is 28.7 Å². The van der Waals surface area contributed by atoms with Crippen LogP contribution in [-0.4, -0.2) is 52.8 Å². The lowest BCUT2D eigenvalue weighted by atomic mass is 10.0. The molecular formula is C18H25N3O6. The average molecular weight is 379 g/mol. The molecule has 0 aromatic carbocycles. The summed E-state index contributed by atoms with van der Waals surface area (Å²) in [7, 11) is 0. The van der Waals surface area contributed by atoms with E-state index in [1.807, 2.05) is 13.8 Å². The van der Waals surface area contributed by atoms with E-state index in [4.69, 9.17) is 9.52 Å². The van der Waals surface area contributed by atoms with Crippen molar-refractivity contribution >= 4 is 23.7 Å². The molecule has 0 spiro atoms. The number of nitrogens with zero attached hydrogens (tertiary/aromatic N) is 1. The lowest BCUT2D eigenvalue weighted by Crippen LogP contribution is -2.47. The smallest absolute Gasteiger partial charge is 0.326 e. The second-order valence-electron chi connectivity index (χ2n) is 7.06. The van der Waals surface area contributed by atoms with E-state index in [9.17, 15) is 19.2 Å². The summed E-state index contributed by atoms with van der Waals surface area (Å²) in [6, 6.07) is 2.48. The van der Waals surface area contributed by atoms with Crippen LogP contribution in [0.4, 0.5) is 0 Å². The summed E-state index contributed by atoms with van der Waals surface area (Å²) in [5.41, 5.74) is 0. The summed E-state index contributed by atoms with van der Waals surface area (Å²) in [6.07, 6.45) is 1.88. The number of amides is 3. The molecule has 2 atom stereocenters. The maximum absolute atomic E-state index is 12.2. The third kappa shape index (κ3) is 6.12. The van der Waals surface area contributed by atoms with Crippen LogP contribution in [0.2, 0.25) is 0 Å². The number of nitrogens with one attached hydrogen (secondary N) is 2. The summed E-state index contributed by atoms with van der Waals surface area (Å²) in [5, 5.41) is 14.0. The number of carbonyl (C=O) groups excluding carboxylic acids is 3. The number of aliphatic carboxylic acids is 1. The molecule has 3 amide bonds. The van der Waals surface area contributed by atoms with Gasteiger partial charge in [0.05, 0.1) is 25.3 Å². The highest BCUT2D eigenvalue weighted by Crippen LogP contribution is 2.20. The molecule has 1 aromatic heterocycles. The summed E-state index contributed by atoms with van der Waals surface area (Å²) in [5.74, 6) is -2.06. The van der Waals surface area contributed by atoms with Crippen LogP contribution in [0.15, 0.2) is 22.8 Å². The van der Waals surface area contributed by atoms with Gasteiger partial charge in [-0.3, -0.25) is 14.4 Å². The number of rotatable bonds is 9. The molecule has 0 saturated carbocycles. The van der Waals surface area contributed by atoms with Crippen LogP contribution in [-0.2, 0) is 25.7 Å². The number of likely N-dealkylation sites (tertiary alicyclic amines) is 1. The minimum atomic E-state index is -1.11. The van der Waals surface area contributed by atoms with Crippen LogP contribution in [0, 0.1) is 11.8 Å². The minimum absolute atomic E-state index is 0.0687. The Morgan fingerprint density at radius 3 is 2.70 bits per heavy atom. The van der Waals surface area contributed by atoms with Gasteiger partial charge in [-0.2, -0.15) is 0 Å². The Kier molecular flexibility index (Phi) is 6.98. The molecule has 148 valence electrons. The lowest BCUT2D eigenvalue weighted by molar-refractivity contribution is -0.142. The Balaban J connectivity index is 1.78. The van der Waals surface area contributed by atoms with Crippen molar-refractivity contribution in [2.75, 3.05) is 13.1 Å². The van der Waals surface area contributed by atoms with Crippen LogP contribution in [0.5, 0.6) is 0 Å². The molecule has 1 aromatic rings. The quantitative estimate of drug-likeness (QED) is 0.568. The number of furan rings is 1. The fourth-order valence-electron chi connectivity index (χ4n) is 2.94. The van der Waals surface area contributed by atoms with Gasteiger partial charge in [0.15, 0.2) is 0 Å². The Morgan fingerprint density at radius 1 is 1.37 bits per heavy atom. The molecule has 1 unspecified atom stereocenters. The van der Waals surface area contributed by atoms with Crippen LogP contribution in [0.1, 0.15) is 32.4 Å². The van der Waals surface area contributed by atoms with Gasteiger partial charge in [0.2, 0.25) is 17.7 Å². The predicted molar refractivity (Wildman–Crippen MR) is 94.3 cm³/mol. The van der Waals surface area contributed by atoms with Crippen molar-refractivity contribution in [3.05, 3.63) is 24.2 Å². The molecule has 1 aliphatic rings. The van der Waals surface area contributed by atoms with Gasteiger partial charge in [0.25, 0.3) is 0 Å². The normalized spacial score (nSPS) is 17.8. The largest absolute Gasteiger partial charge is 0.480 e. The van der Waals surface area contributed by atoms with E-state index in [1.54, 1.807) is 12.1 Å². The maximum Gasteiger partial charge on any atom is 0.326 e. The van der Waals surface area contributed by atoms with Gasteiger partial charge in [0.1, 0.15) is 11.8 Å². The molecule has 1 saturated heterocycles. The van der Waals surface area contributed by atoms with Gasteiger partial charge in [-0.25, -0.2) is 4.79 Å². The molecule has 9 nitrogen and oxygen atoms in total. The first-order valence-electron chi connectivity index (χ1n) is 8.86. The highest BCUT2D eigenvalue weighted by molar-refractivity contribution is 5.92. The molecule has 9 heteroatoms. The van der Waals surface area contributed by atoms with Gasteiger partial charge in [0, 0.05) is 13.0 Å². The van der Waals surface area contributed by atoms with Gasteiger partial charge in [-0.05, 0) is 24.5 Å². The number of carboxylic acids is 1. The molecule has 0 radical (unpaired) electrons. The zero-order chi connectivity index (χ0) is 20.0. The van der Waals surface area contributed by atoms with Crippen molar-refractivity contribution in [3.63, 3.8) is 0 Å². The summed E-state index contributed by atoms with van der Waals surface area (Å²) in [6.45, 7) is 3.93. The fourth-order valence-corrected chi connectivity index (χ4v) is 2.94. The monoisotopic (exact) mass is 379 g/mol. The first kappa shape index (κ1) is 20.5. The van der Waals surface area contributed by atoms with E-state index in [2.05, 4.69) is 10.6 Å². The zero-order valence-electron chi connectivity index (χ0n) is 15.4. The predicted octanol–water partition coefficient (Wildman–Crippen LogP) is 0.360. The summed E-state index contributed by atoms with van der Waals surface area (Å²) < 4.78 is 5.21. The van der Waals surface area contributed by atoms with E-state index in [-0.39, 0.29) is 31.3 Å². The van der Waals surface area contributed by atoms with Crippen LogP contribution < -0.4 is 10.6 Å². The first-order chi connectivity index (χ1) is 12.8. The lowest BCUT2D eigenvalue weighted by Gasteiger charge is -2.17. The molecule has 1 fully saturated rings. The van der Waals surface area contributed by atoms with Gasteiger partial charge < -0.3 is 25.1 Å². The topological polar surface area (TPSA) is 129 Å². The van der Waals surface area contributed by atoms with E-state index in [1.165, 1.54) is 11.2 Å². The molecule has 1 aliphatic heterocycles. The SMILES string of the molecule is CC(C)C[C@H](NC(=O)CNC(=O)C1CC(=O)N(Cc2ccco2)C1)C(=O)O. The van der Waals surface area contributed by atoms with Crippen LogP contribution >= 0.6 is 0 Å². The number of hydrogen-bond donors (Lipinski definition) is 3. The van der Waals surface area contributed by atoms with E-state index in [0.29, 0.717) is 18.7 Å². The third-order valence-corrected chi connectivity index (χ3v) is 4.28. The zero-order valence-corrected chi connectivity index (χ0v) is 15.4. The van der Waals surface area contributed by atoms with Gasteiger partial charge >= 0.3 is 5.97 Å². The Hall–Kier alpha value is -2.84. The molecule has 0 aliphatic carbocycles. The van der Waals surface area contributed by atoms with Gasteiger partial charge in [-0.15, -0.1) is 0 Å². The highest BCUT2D eigenvalue weighted by Gasteiger charge is 2.34. The summed E-state index contributed by atoms with van der Waals surface area (Å²) >= 11 is 0. The number of carboxylic acid groups (broad SMARTS) is 1. The van der Waals surface area contributed by atoms with Crippen molar-refractivity contribution in [3.8, 4) is 0 Å². The molecule has 3 N–H and O–H groups in total. The maximum atomic E-state index is 12.2. The second kappa shape index (κ2) is 9.20. The van der Waals surface area contributed by atoms with Crippen molar-refractivity contribution in [2.45, 2.75) is 39.3 Å². The molecule has 0 bridgehead atoms. The van der Waals surface area contributed by atoms with Crippen LogP contribution in [0.25, 0.3) is 0 Å². The van der Waals surface area contributed by atoms with E-state index in [0.717, 1.165) is 0 Å². The Morgan fingerprint density at radius 2 is 2.11 bits per heavy atom. The Bertz CT molecular complexity index is 685. The molecule has 2 rings (SSSR count). The average Bonchev–Trinajstić information content (AvgIpc) is 3.22. The van der Waals surface area contributed by atoms with Crippen LogP contribution in [0.3, 0.4) is 0 Å². The van der Waals surface area contributed by atoms with Crippen molar-refractivity contribution in [1.29, 1.82) is 0 Å². The summed E-state index contributed by atoms with van der Waals surface area (Å²) in [4.78, 5) is 48.9. The molecule has 27 heavy (non-hydrogen) atoms. The molecule has 2 heterocycles. The third-order valence-electron chi connectivity index (χ3n) is 4.28. The number of hydrogen-bond acceptors (Lipinski definition) is 5. The van der Waals surface area contributed by atoms with Gasteiger partial charge in [-0.1, -0.05) is 13.8 Å². The highest BCUT2D eigenvalue weighted by atomic mass is 16.4. The van der Waals surface area contributed by atoms with Crippen molar-refractivity contribution in [2.24, 2.45) is 11.8 Å². The van der Waals surface area contributed by atoms with Crippen molar-refractivity contribution in [1.82, 2.24) is 15.5 Å². The fraction of sp³-hybridized carbons (Fsp3) is 0.556.